The lowest BCUT2D eigenvalue weighted by Crippen LogP contribution is -2.30. The van der Waals surface area contributed by atoms with Crippen LogP contribution in [0.25, 0.3) is 0 Å². The van der Waals surface area contributed by atoms with E-state index in [9.17, 15) is 4.79 Å². The summed E-state index contributed by atoms with van der Waals surface area (Å²) in [5, 5.41) is 14.0. The number of hydrogen-bond acceptors (Lipinski definition) is 4. The van der Waals surface area contributed by atoms with Crippen molar-refractivity contribution in [3.05, 3.63) is 46.8 Å². The van der Waals surface area contributed by atoms with E-state index in [0.29, 0.717) is 16.3 Å². The number of carbonyl (C=O) groups is 1. The van der Waals surface area contributed by atoms with Gasteiger partial charge in [0.2, 0.25) is 0 Å². The molecule has 0 fully saturated rings. The van der Waals surface area contributed by atoms with Gasteiger partial charge in [-0.05, 0) is 41.5 Å². The molecule has 0 aliphatic rings. The minimum Gasteiger partial charge on any atom is -0.481 e. The van der Waals surface area contributed by atoms with E-state index in [4.69, 9.17) is 10.00 Å². The zero-order valence-corrected chi connectivity index (χ0v) is 14.5. The second kappa shape index (κ2) is 6.84. The van der Waals surface area contributed by atoms with Gasteiger partial charge in [0, 0.05) is 0 Å². The predicted molar refractivity (Wildman–Crippen MR) is 92.9 cm³/mol. The fourth-order valence-corrected chi connectivity index (χ4v) is 2.74. The van der Waals surface area contributed by atoms with E-state index in [0.717, 1.165) is 5.56 Å². The third-order valence-electron chi connectivity index (χ3n) is 3.40. The predicted octanol–water partition coefficient (Wildman–Crippen LogP) is 4.32. The van der Waals surface area contributed by atoms with Gasteiger partial charge in [-0.25, -0.2) is 0 Å². The Balaban J connectivity index is 2.06. The molecule has 4 nitrogen and oxygen atoms in total. The van der Waals surface area contributed by atoms with Crippen LogP contribution in [0.15, 0.2) is 35.7 Å². The van der Waals surface area contributed by atoms with Gasteiger partial charge in [0.1, 0.15) is 16.8 Å². The number of ether oxygens (including phenoxy) is 1. The van der Waals surface area contributed by atoms with Crippen LogP contribution in [-0.2, 0) is 10.2 Å². The van der Waals surface area contributed by atoms with E-state index in [1.54, 1.807) is 18.4 Å². The van der Waals surface area contributed by atoms with Crippen molar-refractivity contribution in [2.75, 3.05) is 5.32 Å². The van der Waals surface area contributed by atoms with E-state index in [2.05, 4.69) is 26.1 Å². The SMILES string of the molecule is CC(Oc1cccc(C(C)(C)C)c1)C(=O)Nc1sccc1C#N. The highest BCUT2D eigenvalue weighted by Crippen LogP contribution is 2.26. The molecule has 1 N–H and O–H groups in total. The third kappa shape index (κ3) is 4.33. The minimum absolute atomic E-state index is 0.0174. The number of benzene rings is 1. The van der Waals surface area contributed by atoms with Crippen molar-refractivity contribution in [3.8, 4) is 11.8 Å². The van der Waals surface area contributed by atoms with Crippen LogP contribution in [0.2, 0.25) is 0 Å². The first-order valence-electron chi connectivity index (χ1n) is 7.37. The molecular weight excluding hydrogens is 308 g/mol. The topological polar surface area (TPSA) is 62.1 Å². The van der Waals surface area contributed by atoms with Crippen LogP contribution < -0.4 is 10.1 Å². The summed E-state index contributed by atoms with van der Waals surface area (Å²) in [6, 6.07) is 11.5. The Kier molecular flexibility index (Phi) is 5.07. The van der Waals surface area contributed by atoms with Gasteiger partial charge in [-0.2, -0.15) is 5.26 Å². The van der Waals surface area contributed by atoms with E-state index in [1.165, 1.54) is 11.3 Å². The Morgan fingerprint density at radius 3 is 2.74 bits per heavy atom. The highest BCUT2D eigenvalue weighted by Gasteiger charge is 2.19. The first-order chi connectivity index (χ1) is 10.8. The van der Waals surface area contributed by atoms with Crippen molar-refractivity contribution >= 4 is 22.2 Å². The molecule has 1 aromatic heterocycles. The number of rotatable bonds is 4. The van der Waals surface area contributed by atoms with Crippen molar-refractivity contribution in [1.82, 2.24) is 0 Å². The second-order valence-corrected chi connectivity index (χ2v) is 7.22. The maximum atomic E-state index is 12.2. The molecule has 2 rings (SSSR count). The molecule has 0 aliphatic carbocycles. The number of nitrogens with one attached hydrogen (secondary N) is 1. The van der Waals surface area contributed by atoms with Crippen molar-refractivity contribution in [2.45, 2.75) is 39.2 Å². The van der Waals surface area contributed by atoms with Gasteiger partial charge in [0.05, 0.1) is 5.56 Å². The molecule has 0 aliphatic heterocycles. The lowest BCUT2D eigenvalue weighted by Gasteiger charge is -2.21. The number of thiophene rings is 1. The normalized spacial score (nSPS) is 12.3. The van der Waals surface area contributed by atoms with Gasteiger partial charge in [0.15, 0.2) is 6.10 Å². The van der Waals surface area contributed by atoms with Crippen LogP contribution in [0.4, 0.5) is 5.00 Å². The maximum Gasteiger partial charge on any atom is 0.265 e. The summed E-state index contributed by atoms with van der Waals surface area (Å²) in [6.45, 7) is 8.08. The highest BCUT2D eigenvalue weighted by molar-refractivity contribution is 7.14. The Morgan fingerprint density at radius 1 is 1.35 bits per heavy atom. The number of nitrogens with zero attached hydrogens (tertiary/aromatic N) is 1. The van der Waals surface area contributed by atoms with Gasteiger partial charge in [-0.3, -0.25) is 4.79 Å². The molecule has 1 aromatic carbocycles. The van der Waals surface area contributed by atoms with Crippen LogP contribution in [0, 0.1) is 11.3 Å². The van der Waals surface area contributed by atoms with Gasteiger partial charge >= 0.3 is 0 Å². The Hall–Kier alpha value is -2.32. The summed E-state index contributed by atoms with van der Waals surface area (Å²) in [7, 11) is 0. The van der Waals surface area contributed by atoms with Gasteiger partial charge in [-0.1, -0.05) is 32.9 Å². The van der Waals surface area contributed by atoms with Crippen LogP contribution in [0.5, 0.6) is 5.75 Å². The lowest BCUT2D eigenvalue weighted by molar-refractivity contribution is -0.122. The lowest BCUT2D eigenvalue weighted by atomic mass is 9.87. The molecule has 0 saturated carbocycles. The molecule has 120 valence electrons. The number of carbonyl (C=O) groups excluding carboxylic acids is 1. The molecule has 23 heavy (non-hydrogen) atoms. The van der Waals surface area contributed by atoms with E-state index in [-0.39, 0.29) is 11.3 Å². The highest BCUT2D eigenvalue weighted by atomic mass is 32.1. The summed E-state index contributed by atoms with van der Waals surface area (Å²) in [4.78, 5) is 12.2. The summed E-state index contributed by atoms with van der Waals surface area (Å²) in [5.74, 6) is 0.386. The largest absolute Gasteiger partial charge is 0.481 e. The van der Waals surface area contributed by atoms with E-state index < -0.39 is 6.10 Å². The van der Waals surface area contributed by atoms with Crippen LogP contribution >= 0.6 is 11.3 Å². The summed E-state index contributed by atoms with van der Waals surface area (Å²) in [6.07, 6.45) is -0.654. The van der Waals surface area contributed by atoms with E-state index in [1.807, 2.05) is 30.3 Å². The molecule has 0 spiro atoms. The van der Waals surface area contributed by atoms with Crippen LogP contribution in [0.3, 0.4) is 0 Å². The van der Waals surface area contributed by atoms with E-state index >= 15 is 0 Å². The average molecular weight is 328 g/mol. The average Bonchev–Trinajstić information content (AvgIpc) is 2.93. The van der Waals surface area contributed by atoms with Crippen LogP contribution in [-0.4, -0.2) is 12.0 Å². The Bertz CT molecular complexity index is 738. The Morgan fingerprint density at radius 2 is 2.09 bits per heavy atom. The second-order valence-electron chi connectivity index (χ2n) is 6.30. The number of hydrogen-bond donors (Lipinski definition) is 1. The molecule has 0 saturated heterocycles. The molecule has 1 atom stereocenters. The summed E-state index contributed by atoms with van der Waals surface area (Å²) < 4.78 is 5.74. The number of amides is 1. The van der Waals surface area contributed by atoms with Crippen molar-refractivity contribution < 1.29 is 9.53 Å². The standard InChI is InChI=1S/C18H20N2O2S/c1-12(16(21)20-17-13(11-19)8-9-23-17)22-15-7-5-6-14(10-15)18(2,3)4/h5-10,12H,1-4H3,(H,20,21). The van der Waals surface area contributed by atoms with Crippen LogP contribution in [0.1, 0.15) is 38.8 Å². The fraction of sp³-hybridized carbons (Fsp3) is 0.333. The molecule has 5 heteroatoms. The van der Waals surface area contributed by atoms with Crippen molar-refractivity contribution in [3.63, 3.8) is 0 Å². The van der Waals surface area contributed by atoms with Gasteiger partial charge in [-0.15, -0.1) is 11.3 Å². The van der Waals surface area contributed by atoms with Gasteiger partial charge in [0.25, 0.3) is 5.91 Å². The monoisotopic (exact) mass is 328 g/mol. The maximum absolute atomic E-state index is 12.2. The molecule has 1 heterocycles. The number of nitriles is 1. The molecular formula is C18H20N2O2S. The molecule has 0 radical (unpaired) electrons. The van der Waals surface area contributed by atoms with Crippen molar-refractivity contribution in [1.29, 1.82) is 5.26 Å². The fourth-order valence-electron chi connectivity index (χ4n) is 2.00. The third-order valence-corrected chi connectivity index (χ3v) is 4.23. The smallest absolute Gasteiger partial charge is 0.265 e. The summed E-state index contributed by atoms with van der Waals surface area (Å²) >= 11 is 1.32. The Labute approximate surface area is 140 Å². The summed E-state index contributed by atoms with van der Waals surface area (Å²) in [5.41, 5.74) is 1.63. The zero-order chi connectivity index (χ0) is 17.0. The molecule has 1 unspecified atom stereocenters. The van der Waals surface area contributed by atoms with Gasteiger partial charge < -0.3 is 10.1 Å². The quantitative estimate of drug-likeness (QED) is 0.909. The van der Waals surface area contributed by atoms with Crippen molar-refractivity contribution in [2.24, 2.45) is 0 Å². The molecule has 1 amide bonds. The zero-order valence-electron chi connectivity index (χ0n) is 13.7. The first kappa shape index (κ1) is 17.0. The first-order valence-corrected chi connectivity index (χ1v) is 8.25. The number of anilines is 1. The molecule has 2 aromatic rings. The minimum atomic E-state index is -0.654. The molecule has 0 bridgehead atoms.